The van der Waals surface area contributed by atoms with E-state index in [1.54, 1.807) is 18.2 Å². The van der Waals surface area contributed by atoms with Crippen LogP contribution in [0.2, 0.25) is 0 Å². The molecule has 0 saturated heterocycles. The van der Waals surface area contributed by atoms with Crippen LogP contribution in [0.1, 0.15) is 38.7 Å². The maximum Gasteiger partial charge on any atom is 0.320 e. The van der Waals surface area contributed by atoms with Gasteiger partial charge in [-0.1, -0.05) is 31.5 Å². The number of carboxylic acids is 1. The normalized spacial score (nSPS) is 13.6. The highest BCUT2D eigenvalue weighted by atomic mass is 16.6. The van der Waals surface area contributed by atoms with Crippen molar-refractivity contribution in [2.45, 2.75) is 51.6 Å². The second kappa shape index (κ2) is 8.36. The number of aliphatic carboxylic acids is 1. The third-order valence-electron chi connectivity index (χ3n) is 3.40. The van der Waals surface area contributed by atoms with Gasteiger partial charge in [0.25, 0.3) is 5.69 Å². The first-order valence-electron chi connectivity index (χ1n) is 7.16. The lowest BCUT2D eigenvalue weighted by molar-refractivity contribution is -0.385. The van der Waals surface area contributed by atoms with E-state index in [-0.39, 0.29) is 16.7 Å². The van der Waals surface area contributed by atoms with Crippen molar-refractivity contribution in [1.29, 1.82) is 0 Å². The van der Waals surface area contributed by atoms with Crippen molar-refractivity contribution < 1.29 is 14.8 Å². The zero-order chi connectivity index (χ0) is 15.8. The van der Waals surface area contributed by atoms with Crippen LogP contribution in [-0.4, -0.2) is 28.1 Å². The first-order valence-corrected chi connectivity index (χ1v) is 7.16. The van der Waals surface area contributed by atoms with Crippen LogP contribution in [0.25, 0.3) is 0 Å². The van der Waals surface area contributed by atoms with Crippen LogP contribution in [0.15, 0.2) is 24.3 Å². The molecule has 1 rings (SSSR count). The number of para-hydroxylation sites is 1. The Morgan fingerprint density at radius 1 is 1.38 bits per heavy atom. The molecular formula is C15H22N2O4. The molecule has 6 nitrogen and oxygen atoms in total. The van der Waals surface area contributed by atoms with Gasteiger partial charge in [-0.2, -0.15) is 0 Å². The smallest absolute Gasteiger partial charge is 0.320 e. The number of hydrogen-bond donors (Lipinski definition) is 2. The number of nitrogens with zero attached hydrogens (tertiary/aromatic N) is 1. The molecule has 0 saturated carbocycles. The highest BCUT2D eigenvalue weighted by Crippen LogP contribution is 2.19. The lowest BCUT2D eigenvalue weighted by Gasteiger charge is -2.19. The number of carbonyl (C=O) groups is 1. The molecule has 0 radical (unpaired) electrons. The van der Waals surface area contributed by atoms with Gasteiger partial charge in [0.1, 0.15) is 6.04 Å². The Morgan fingerprint density at radius 3 is 2.62 bits per heavy atom. The molecular weight excluding hydrogens is 272 g/mol. The molecule has 1 aromatic carbocycles. The van der Waals surface area contributed by atoms with Crippen molar-refractivity contribution in [3.8, 4) is 0 Å². The molecule has 2 atom stereocenters. The molecule has 0 heterocycles. The van der Waals surface area contributed by atoms with Gasteiger partial charge in [-0.25, -0.2) is 0 Å². The van der Waals surface area contributed by atoms with Gasteiger partial charge < -0.3 is 10.4 Å². The molecule has 21 heavy (non-hydrogen) atoms. The summed E-state index contributed by atoms with van der Waals surface area (Å²) in [6.45, 7) is 3.84. The number of nitro benzene ring substituents is 1. The van der Waals surface area contributed by atoms with Crippen LogP contribution in [-0.2, 0) is 11.2 Å². The summed E-state index contributed by atoms with van der Waals surface area (Å²) in [5, 5.41) is 23.1. The van der Waals surface area contributed by atoms with E-state index in [0.717, 1.165) is 6.42 Å². The predicted molar refractivity (Wildman–Crippen MR) is 80.3 cm³/mol. The van der Waals surface area contributed by atoms with Crippen LogP contribution >= 0.6 is 0 Å². The summed E-state index contributed by atoms with van der Waals surface area (Å²) in [4.78, 5) is 21.6. The van der Waals surface area contributed by atoms with Crippen molar-refractivity contribution >= 4 is 11.7 Å². The summed E-state index contributed by atoms with van der Waals surface area (Å²) in [6.07, 6.45) is 2.56. The van der Waals surface area contributed by atoms with E-state index in [1.807, 2.05) is 13.8 Å². The predicted octanol–water partition coefficient (Wildman–Crippen LogP) is 2.76. The van der Waals surface area contributed by atoms with E-state index in [0.29, 0.717) is 24.8 Å². The fourth-order valence-electron chi connectivity index (χ4n) is 2.27. The minimum Gasteiger partial charge on any atom is -0.480 e. The minimum absolute atomic E-state index is 0.0162. The first kappa shape index (κ1) is 17.1. The quantitative estimate of drug-likeness (QED) is 0.539. The van der Waals surface area contributed by atoms with Crippen molar-refractivity contribution in [1.82, 2.24) is 5.32 Å². The summed E-state index contributed by atoms with van der Waals surface area (Å²) in [7, 11) is 0. The molecule has 2 N–H and O–H groups in total. The summed E-state index contributed by atoms with van der Waals surface area (Å²) in [6, 6.07) is 6.08. The number of nitrogens with one attached hydrogen (secondary N) is 1. The highest BCUT2D eigenvalue weighted by molar-refractivity contribution is 5.73. The third-order valence-corrected chi connectivity index (χ3v) is 3.40. The van der Waals surface area contributed by atoms with Crippen LogP contribution < -0.4 is 5.32 Å². The van der Waals surface area contributed by atoms with Crippen molar-refractivity contribution in [3.63, 3.8) is 0 Å². The fourth-order valence-corrected chi connectivity index (χ4v) is 2.27. The Bertz CT molecular complexity index is 490. The monoisotopic (exact) mass is 294 g/mol. The average molecular weight is 294 g/mol. The number of rotatable bonds is 9. The van der Waals surface area contributed by atoms with E-state index in [9.17, 15) is 14.9 Å². The maximum absolute atomic E-state index is 11.1. The zero-order valence-corrected chi connectivity index (χ0v) is 12.4. The number of carboxylic acid groups (broad SMARTS) is 1. The lowest BCUT2D eigenvalue weighted by atomic mass is 10.0. The van der Waals surface area contributed by atoms with E-state index in [4.69, 9.17) is 5.11 Å². The second-order valence-electron chi connectivity index (χ2n) is 5.17. The van der Waals surface area contributed by atoms with Crippen LogP contribution in [0.3, 0.4) is 0 Å². The van der Waals surface area contributed by atoms with Gasteiger partial charge in [-0.3, -0.25) is 14.9 Å². The number of aryl methyl sites for hydroxylation is 1. The van der Waals surface area contributed by atoms with Crippen molar-refractivity contribution in [2.75, 3.05) is 0 Å². The third kappa shape index (κ3) is 5.51. The molecule has 0 aliphatic rings. The van der Waals surface area contributed by atoms with Gasteiger partial charge in [0, 0.05) is 17.7 Å². The molecule has 2 unspecified atom stereocenters. The van der Waals surface area contributed by atoms with Gasteiger partial charge >= 0.3 is 5.97 Å². The molecule has 116 valence electrons. The van der Waals surface area contributed by atoms with Gasteiger partial charge in [0.05, 0.1) is 4.92 Å². The molecule has 0 spiro atoms. The average Bonchev–Trinajstić information content (AvgIpc) is 2.44. The summed E-state index contributed by atoms with van der Waals surface area (Å²) in [5.74, 6) is -0.852. The zero-order valence-electron chi connectivity index (χ0n) is 12.4. The molecule has 0 aliphatic heterocycles. The van der Waals surface area contributed by atoms with E-state index >= 15 is 0 Å². The molecule has 1 aromatic rings. The number of hydrogen-bond acceptors (Lipinski definition) is 4. The largest absolute Gasteiger partial charge is 0.480 e. The Hall–Kier alpha value is -1.95. The molecule has 0 aromatic heterocycles. The van der Waals surface area contributed by atoms with Gasteiger partial charge in [-0.05, 0) is 26.2 Å². The Kier molecular flexibility index (Phi) is 6.81. The number of nitro groups is 1. The second-order valence-corrected chi connectivity index (χ2v) is 5.17. The maximum atomic E-state index is 11.1. The van der Waals surface area contributed by atoms with E-state index in [1.165, 1.54) is 6.07 Å². The van der Waals surface area contributed by atoms with E-state index < -0.39 is 12.0 Å². The Balaban J connectivity index is 2.58. The van der Waals surface area contributed by atoms with Gasteiger partial charge in [-0.15, -0.1) is 0 Å². The Labute approximate surface area is 124 Å². The van der Waals surface area contributed by atoms with Crippen molar-refractivity contribution in [2.24, 2.45) is 0 Å². The van der Waals surface area contributed by atoms with Crippen molar-refractivity contribution in [3.05, 3.63) is 39.9 Å². The highest BCUT2D eigenvalue weighted by Gasteiger charge is 2.19. The fraction of sp³-hybridized carbons (Fsp3) is 0.533. The summed E-state index contributed by atoms with van der Waals surface area (Å²) >= 11 is 0. The van der Waals surface area contributed by atoms with Crippen LogP contribution in [0, 0.1) is 10.1 Å². The van der Waals surface area contributed by atoms with Gasteiger partial charge in [0.2, 0.25) is 0 Å². The minimum atomic E-state index is -0.852. The standard InChI is InChI=1S/C15H22N2O4/c1-3-6-13(15(18)19)16-11(2)9-10-12-7-4-5-8-14(12)17(20)21/h4-5,7-8,11,13,16H,3,6,9-10H2,1-2H3,(H,18,19). The van der Waals surface area contributed by atoms with E-state index in [2.05, 4.69) is 5.32 Å². The number of benzene rings is 1. The first-order chi connectivity index (χ1) is 9.95. The SMILES string of the molecule is CCCC(NC(C)CCc1ccccc1[N+](=O)[O-])C(=O)O. The topological polar surface area (TPSA) is 92.5 Å². The van der Waals surface area contributed by atoms with Crippen LogP contribution in [0.4, 0.5) is 5.69 Å². The molecule has 0 bridgehead atoms. The Morgan fingerprint density at radius 2 is 2.05 bits per heavy atom. The molecule has 0 aliphatic carbocycles. The summed E-state index contributed by atoms with van der Waals surface area (Å²) < 4.78 is 0. The molecule has 0 fully saturated rings. The lowest BCUT2D eigenvalue weighted by Crippen LogP contribution is -2.42. The molecule has 0 amide bonds. The molecule has 6 heteroatoms. The van der Waals surface area contributed by atoms with Gasteiger partial charge in [0.15, 0.2) is 0 Å². The summed E-state index contributed by atoms with van der Waals surface area (Å²) in [5.41, 5.74) is 0.798. The van der Waals surface area contributed by atoms with Crippen LogP contribution in [0.5, 0.6) is 0 Å².